The Hall–Kier alpha value is -1.35. The van der Waals surface area contributed by atoms with E-state index in [9.17, 15) is 4.79 Å². The van der Waals surface area contributed by atoms with E-state index in [1.165, 1.54) is 18.4 Å². The lowest BCUT2D eigenvalue weighted by atomic mass is 9.82. The normalized spacial score (nSPS) is 24.1. The summed E-state index contributed by atoms with van der Waals surface area (Å²) in [5, 5.41) is 3.14. The van der Waals surface area contributed by atoms with Gasteiger partial charge in [0.1, 0.15) is 0 Å². The Kier molecular flexibility index (Phi) is 5.60. The number of nitrogens with two attached hydrogens (primary N) is 1. The van der Waals surface area contributed by atoms with E-state index in [1.807, 2.05) is 18.2 Å². The predicted molar refractivity (Wildman–Crippen MR) is 82.3 cm³/mol. The Morgan fingerprint density at radius 3 is 2.50 bits per heavy atom. The van der Waals surface area contributed by atoms with Crippen LogP contribution in [0.25, 0.3) is 0 Å². The van der Waals surface area contributed by atoms with E-state index in [0.717, 1.165) is 25.2 Å². The Morgan fingerprint density at radius 1 is 1.25 bits per heavy atom. The van der Waals surface area contributed by atoms with Crippen molar-refractivity contribution in [2.75, 3.05) is 6.54 Å². The second kappa shape index (κ2) is 7.44. The molecule has 1 aliphatic carbocycles. The maximum Gasteiger partial charge on any atom is 0.223 e. The van der Waals surface area contributed by atoms with Gasteiger partial charge in [-0.05, 0) is 43.6 Å². The van der Waals surface area contributed by atoms with E-state index >= 15 is 0 Å². The average molecular weight is 274 g/mol. The van der Waals surface area contributed by atoms with E-state index in [4.69, 9.17) is 5.73 Å². The van der Waals surface area contributed by atoms with Gasteiger partial charge in [0.2, 0.25) is 5.91 Å². The fourth-order valence-corrected chi connectivity index (χ4v) is 2.93. The molecule has 1 atom stereocenters. The van der Waals surface area contributed by atoms with E-state index in [0.29, 0.717) is 6.54 Å². The van der Waals surface area contributed by atoms with Crippen LogP contribution in [0, 0.1) is 11.8 Å². The van der Waals surface area contributed by atoms with E-state index in [-0.39, 0.29) is 17.9 Å². The Balaban J connectivity index is 1.85. The van der Waals surface area contributed by atoms with Gasteiger partial charge >= 0.3 is 0 Å². The molecule has 1 fully saturated rings. The first-order valence-corrected chi connectivity index (χ1v) is 7.73. The fraction of sp³-hybridized carbons (Fsp3) is 0.588. The van der Waals surface area contributed by atoms with Crippen molar-refractivity contribution in [3.05, 3.63) is 35.9 Å². The molecule has 2 rings (SSSR count). The first kappa shape index (κ1) is 15.0. The number of benzene rings is 1. The van der Waals surface area contributed by atoms with Gasteiger partial charge in [-0.1, -0.05) is 37.3 Å². The van der Waals surface area contributed by atoms with Crippen molar-refractivity contribution in [2.24, 2.45) is 17.6 Å². The van der Waals surface area contributed by atoms with Gasteiger partial charge in [0.15, 0.2) is 0 Å². The van der Waals surface area contributed by atoms with Gasteiger partial charge in [0.25, 0.3) is 0 Å². The lowest BCUT2D eigenvalue weighted by molar-refractivity contribution is -0.126. The highest BCUT2D eigenvalue weighted by molar-refractivity contribution is 5.79. The molecule has 0 saturated heterocycles. The van der Waals surface area contributed by atoms with E-state index < -0.39 is 0 Å². The van der Waals surface area contributed by atoms with Gasteiger partial charge in [-0.2, -0.15) is 0 Å². The number of hydrogen-bond donors (Lipinski definition) is 2. The quantitative estimate of drug-likeness (QED) is 0.866. The van der Waals surface area contributed by atoms with E-state index in [1.54, 1.807) is 0 Å². The predicted octanol–water partition coefficient (Wildman–Crippen LogP) is 2.50. The summed E-state index contributed by atoms with van der Waals surface area (Å²) in [4.78, 5) is 12.3. The summed E-state index contributed by atoms with van der Waals surface area (Å²) >= 11 is 0. The lowest BCUT2D eigenvalue weighted by Gasteiger charge is -2.27. The third-order valence-electron chi connectivity index (χ3n) is 4.34. The molecule has 1 aliphatic rings. The Labute approximate surface area is 121 Å². The zero-order valence-corrected chi connectivity index (χ0v) is 12.3. The highest BCUT2D eigenvalue weighted by Gasteiger charge is 2.25. The number of amides is 1. The van der Waals surface area contributed by atoms with Gasteiger partial charge in [-0.3, -0.25) is 4.79 Å². The molecule has 0 radical (unpaired) electrons. The largest absolute Gasteiger partial charge is 0.352 e. The molecular formula is C17H26N2O. The van der Waals surface area contributed by atoms with Crippen molar-refractivity contribution in [3.8, 4) is 0 Å². The van der Waals surface area contributed by atoms with Crippen LogP contribution in [0.4, 0.5) is 0 Å². The Bertz CT molecular complexity index is 410. The van der Waals surface area contributed by atoms with Crippen molar-refractivity contribution in [2.45, 2.75) is 45.1 Å². The number of hydrogen-bond acceptors (Lipinski definition) is 2. The average Bonchev–Trinajstić information content (AvgIpc) is 2.48. The van der Waals surface area contributed by atoms with Crippen molar-refractivity contribution >= 4 is 5.91 Å². The zero-order valence-electron chi connectivity index (χ0n) is 12.3. The maximum atomic E-state index is 12.3. The fourth-order valence-electron chi connectivity index (χ4n) is 2.93. The molecule has 1 saturated carbocycles. The highest BCUT2D eigenvalue weighted by atomic mass is 16.1. The standard InChI is InChI=1S/C17H26N2O/c1-13-7-9-15(10-8-13)17(20)19-16(12-18)11-14-5-3-2-4-6-14/h2-6,13,15-16H,7-12,18H2,1H3,(H,19,20). The van der Waals surface area contributed by atoms with Crippen LogP contribution in [-0.4, -0.2) is 18.5 Å². The van der Waals surface area contributed by atoms with Crippen LogP contribution in [0.5, 0.6) is 0 Å². The van der Waals surface area contributed by atoms with Gasteiger partial charge in [0, 0.05) is 18.5 Å². The number of carbonyl (C=O) groups is 1. The molecule has 110 valence electrons. The van der Waals surface area contributed by atoms with Crippen molar-refractivity contribution in [1.82, 2.24) is 5.32 Å². The van der Waals surface area contributed by atoms with Crippen LogP contribution in [0.2, 0.25) is 0 Å². The third-order valence-corrected chi connectivity index (χ3v) is 4.34. The lowest BCUT2D eigenvalue weighted by Crippen LogP contribution is -2.45. The topological polar surface area (TPSA) is 55.1 Å². The van der Waals surface area contributed by atoms with Gasteiger partial charge in [-0.15, -0.1) is 0 Å². The molecule has 3 nitrogen and oxygen atoms in total. The van der Waals surface area contributed by atoms with Crippen LogP contribution >= 0.6 is 0 Å². The molecule has 20 heavy (non-hydrogen) atoms. The van der Waals surface area contributed by atoms with Gasteiger partial charge in [-0.25, -0.2) is 0 Å². The van der Waals surface area contributed by atoms with Gasteiger partial charge < -0.3 is 11.1 Å². The van der Waals surface area contributed by atoms with Crippen LogP contribution in [0.1, 0.15) is 38.2 Å². The number of carbonyl (C=O) groups excluding carboxylic acids is 1. The maximum absolute atomic E-state index is 12.3. The van der Waals surface area contributed by atoms with Crippen LogP contribution in [0.15, 0.2) is 30.3 Å². The SMILES string of the molecule is CC1CCC(C(=O)NC(CN)Cc2ccccc2)CC1. The van der Waals surface area contributed by atoms with E-state index in [2.05, 4.69) is 24.4 Å². The van der Waals surface area contributed by atoms with Crippen molar-refractivity contribution in [1.29, 1.82) is 0 Å². The molecule has 1 unspecified atom stereocenters. The monoisotopic (exact) mass is 274 g/mol. The second-order valence-corrected chi connectivity index (χ2v) is 6.09. The van der Waals surface area contributed by atoms with Gasteiger partial charge in [0.05, 0.1) is 0 Å². The smallest absolute Gasteiger partial charge is 0.223 e. The molecule has 1 aromatic rings. The minimum atomic E-state index is 0.0456. The minimum absolute atomic E-state index is 0.0456. The van der Waals surface area contributed by atoms with Crippen LogP contribution in [0.3, 0.4) is 0 Å². The molecule has 1 aromatic carbocycles. The summed E-state index contributed by atoms with van der Waals surface area (Å²) in [7, 11) is 0. The highest BCUT2D eigenvalue weighted by Crippen LogP contribution is 2.28. The number of nitrogens with one attached hydrogen (secondary N) is 1. The molecule has 0 heterocycles. The summed E-state index contributed by atoms with van der Waals surface area (Å²) in [6, 6.07) is 10.3. The van der Waals surface area contributed by atoms with Crippen molar-refractivity contribution in [3.63, 3.8) is 0 Å². The molecular weight excluding hydrogens is 248 g/mol. The molecule has 0 spiro atoms. The summed E-state index contributed by atoms with van der Waals surface area (Å²) in [6.07, 6.45) is 5.20. The molecule has 1 amide bonds. The molecule has 0 bridgehead atoms. The first-order valence-electron chi connectivity index (χ1n) is 7.73. The molecule has 3 heteroatoms. The molecule has 3 N–H and O–H groups in total. The third kappa shape index (κ3) is 4.34. The van der Waals surface area contributed by atoms with Crippen LogP contribution < -0.4 is 11.1 Å². The summed E-state index contributed by atoms with van der Waals surface area (Å²) < 4.78 is 0. The van der Waals surface area contributed by atoms with Crippen molar-refractivity contribution < 1.29 is 4.79 Å². The zero-order chi connectivity index (χ0) is 14.4. The minimum Gasteiger partial charge on any atom is -0.352 e. The molecule has 0 aliphatic heterocycles. The summed E-state index contributed by atoms with van der Waals surface area (Å²) in [5.74, 6) is 1.16. The first-order chi connectivity index (χ1) is 9.69. The number of rotatable bonds is 5. The van der Waals surface area contributed by atoms with Crippen LogP contribution in [-0.2, 0) is 11.2 Å². The summed E-state index contributed by atoms with van der Waals surface area (Å²) in [5.41, 5.74) is 7.03. The second-order valence-electron chi connectivity index (χ2n) is 6.09. The Morgan fingerprint density at radius 2 is 1.90 bits per heavy atom. The summed E-state index contributed by atoms with van der Waals surface area (Å²) in [6.45, 7) is 2.76. The molecule has 0 aromatic heterocycles.